The average molecular weight is 467 g/mol. The number of fused-ring (bicyclic) bond motifs is 2. The molecule has 0 fully saturated rings. The van der Waals surface area contributed by atoms with Crippen molar-refractivity contribution >= 4 is 83.2 Å². The number of nitrogens with one attached hydrogen (secondary N) is 1. The molecule has 0 saturated heterocycles. The van der Waals surface area contributed by atoms with Crippen LogP contribution in [0.15, 0.2) is 36.4 Å². The minimum absolute atomic E-state index is 0.226. The largest absolute Gasteiger partial charge is 0.497 e. The van der Waals surface area contributed by atoms with Gasteiger partial charge in [-0.25, -0.2) is 9.78 Å². The van der Waals surface area contributed by atoms with E-state index in [1.54, 1.807) is 37.4 Å². The maximum Gasteiger partial charge on any atom is 0.350 e. The molecular weight excluding hydrogens is 455 g/mol. The molecule has 0 radical (unpaired) electrons. The molecule has 10 heteroatoms. The molecule has 0 aliphatic carbocycles. The maximum absolute atomic E-state index is 12.4. The second kappa shape index (κ2) is 8.16. The van der Waals surface area contributed by atoms with Gasteiger partial charge in [-0.15, -0.1) is 11.3 Å². The zero-order valence-corrected chi connectivity index (χ0v) is 18.0. The molecule has 0 atom stereocenters. The van der Waals surface area contributed by atoms with E-state index in [4.69, 9.17) is 32.7 Å². The van der Waals surface area contributed by atoms with Crippen molar-refractivity contribution in [1.29, 1.82) is 0 Å². The number of anilines is 1. The molecule has 0 bridgehead atoms. The van der Waals surface area contributed by atoms with Crippen molar-refractivity contribution in [1.82, 2.24) is 4.98 Å². The Balaban J connectivity index is 1.42. The number of nitrogens with zero attached hydrogens (tertiary/aromatic N) is 1. The van der Waals surface area contributed by atoms with Crippen molar-refractivity contribution in [2.75, 3.05) is 19.0 Å². The predicted octanol–water partition coefficient (Wildman–Crippen LogP) is 5.62. The van der Waals surface area contributed by atoms with Crippen LogP contribution in [0, 0.1) is 0 Å². The van der Waals surface area contributed by atoms with Gasteiger partial charge in [-0.05, 0) is 30.3 Å². The number of rotatable bonds is 5. The topological polar surface area (TPSA) is 77.5 Å². The molecule has 0 unspecified atom stereocenters. The van der Waals surface area contributed by atoms with Gasteiger partial charge >= 0.3 is 5.97 Å². The van der Waals surface area contributed by atoms with Gasteiger partial charge in [-0.2, -0.15) is 0 Å². The van der Waals surface area contributed by atoms with Gasteiger partial charge in [0.1, 0.15) is 10.6 Å². The zero-order valence-electron chi connectivity index (χ0n) is 14.8. The zero-order chi connectivity index (χ0) is 20.5. The summed E-state index contributed by atoms with van der Waals surface area (Å²) in [5.41, 5.74) is 0.735. The Morgan fingerprint density at radius 2 is 1.93 bits per heavy atom. The van der Waals surface area contributed by atoms with Crippen LogP contribution in [-0.4, -0.2) is 30.6 Å². The van der Waals surface area contributed by atoms with Crippen molar-refractivity contribution in [2.24, 2.45) is 0 Å². The van der Waals surface area contributed by atoms with Crippen LogP contribution in [0.25, 0.3) is 20.3 Å². The number of carbonyl (C=O) groups excluding carboxylic acids is 2. The van der Waals surface area contributed by atoms with E-state index in [-0.39, 0.29) is 9.90 Å². The van der Waals surface area contributed by atoms with Crippen molar-refractivity contribution in [3.8, 4) is 5.75 Å². The van der Waals surface area contributed by atoms with Gasteiger partial charge < -0.3 is 9.47 Å². The van der Waals surface area contributed by atoms with Crippen molar-refractivity contribution in [3.63, 3.8) is 0 Å². The average Bonchev–Trinajstić information content (AvgIpc) is 3.25. The van der Waals surface area contributed by atoms with E-state index < -0.39 is 18.5 Å². The fraction of sp³-hybridized carbons (Fsp3) is 0.105. The first-order valence-corrected chi connectivity index (χ1v) is 10.6. The highest BCUT2D eigenvalue weighted by molar-refractivity contribution is 7.22. The number of aromatic nitrogens is 1. The van der Waals surface area contributed by atoms with E-state index in [2.05, 4.69) is 10.3 Å². The number of thiophene rings is 1. The normalized spacial score (nSPS) is 11.0. The summed E-state index contributed by atoms with van der Waals surface area (Å²) in [6.07, 6.45) is 0. The Labute approximate surface area is 183 Å². The highest BCUT2D eigenvalue weighted by Gasteiger charge is 2.20. The summed E-state index contributed by atoms with van der Waals surface area (Å²) in [5.74, 6) is -0.462. The second-order valence-electron chi connectivity index (χ2n) is 5.86. The molecule has 4 rings (SSSR count). The van der Waals surface area contributed by atoms with E-state index in [0.717, 1.165) is 26.3 Å². The second-order valence-corrected chi connectivity index (χ2v) is 8.76. The van der Waals surface area contributed by atoms with Crippen LogP contribution in [-0.2, 0) is 9.53 Å². The fourth-order valence-electron chi connectivity index (χ4n) is 2.61. The van der Waals surface area contributed by atoms with Gasteiger partial charge in [0, 0.05) is 15.1 Å². The molecule has 1 amide bonds. The Hall–Kier alpha value is -2.39. The van der Waals surface area contributed by atoms with E-state index in [9.17, 15) is 9.59 Å². The molecule has 29 heavy (non-hydrogen) atoms. The van der Waals surface area contributed by atoms with Gasteiger partial charge in [-0.3, -0.25) is 10.1 Å². The number of carbonyl (C=O) groups is 2. The maximum atomic E-state index is 12.4. The molecule has 6 nitrogen and oxygen atoms in total. The highest BCUT2D eigenvalue weighted by atomic mass is 35.5. The first-order chi connectivity index (χ1) is 13.9. The van der Waals surface area contributed by atoms with Crippen LogP contribution in [0.3, 0.4) is 0 Å². The minimum Gasteiger partial charge on any atom is -0.497 e. The molecule has 4 aromatic rings. The summed E-state index contributed by atoms with van der Waals surface area (Å²) in [6.45, 7) is -0.455. The SMILES string of the molecule is COc1ccc2nc(NC(=O)COC(=O)c3sc4cc(Cl)ccc4c3Cl)sc2c1. The summed E-state index contributed by atoms with van der Waals surface area (Å²) in [5, 5.41) is 4.57. The molecule has 2 aromatic carbocycles. The molecular formula is C19H12Cl2N2O4S2. The van der Waals surface area contributed by atoms with E-state index in [1.165, 1.54) is 11.3 Å². The highest BCUT2D eigenvalue weighted by Crippen LogP contribution is 2.37. The van der Waals surface area contributed by atoms with Gasteiger partial charge in [0.15, 0.2) is 11.7 Å². The van der Waals surface area contributed by atoms with E-state index in [1.807, 2.05) is 6.07 Å². The fourth-order valence-corrected chi connectivity index (χ4v) is 5.20. The lowest BCUT2D eigenvalue weighted by Crippen LogP contribution is -2.20. The van der Waals surface area contributed by atoms with Crippen LogP contribution in [0.2, 0.25) is 10.0 Å². The summed E-state index contributed by atoms with van der Waals surface area (Å²) in [7, 11) is 1.58. The van der Waals surface area contributed by atoms with Crippen molar-refractivity contribution in [3.05, 3.63) is 51.3 Å². The number of methoxy groups -OCH3 is 1. The lowest BCUT2D eigenvalue weighted by atomic mass is 10.2. The lowest BCUT2D eigenvalue weighted by Gasteiger charge is -2.03. The van der Waals surface area contributed by atoms with Gasteiger partial charge in [-0.1, -0.05) is 40.6 Å². The number of amides is 1. The summed E-state index contributed by atoms with van der Waals surface area (Å²) >= 11 is 14.7. The van der Waals surface area contributed by atoms with Crippen molar-refractivity contribution < 1.29 is 19.1 Å². The summed E-state index contributed by atoms with van der Waals surface area (Å²) in [4.78, 5) is 29.1. The molecule has 0 saturated carbocycles. The summed E-state index contributed by atoms with van der Waals surface area (Å²) in [6, 6.07) is 10.6. The molecule has 148 valence electrons. The lowest BCUT2D eigenvalue weighted by molar-refractivity contribution is -0.119. The standard InChI is InChI=1S/C19H12Cl2N2O4S2/c1-26-10-3-5-12-14(7-10)29-19(22-12)23-15(24)8-27-18(25)17-16(21)11-4-2-9(20)6-13(11)28-17/h2-7H,8H2,1H3,(H,22,23,24). The molecule has 2 heterocycles. The van der Waals surface area contributed by atoms with Crippen molar-refractivity contribution in [2.45, 2.75) is 0 Å². The van der Waals surface area contributed by atoms with Gasteiger partial charge in [0.25, 0.3) is 5.91 Å². The number of halogens is 2. The number of esters is 1. The Morgan fingerprint density at radius 1 is 1.10 bits per heavy atom. The van der Waals surface area contributed by atoms with Crippen LogP contribution in [0.4, 0.5) is 5.13 Å². The number of hydrogen-bond donors (Lipinski definition) is 1. The Kier molecular flexibility index (Phi) is 5.60. The van der Waals surface area contributed by atoms with Crippen LogP contribution >= 0.6 is 45.9 Å². The first kappa shape index (κ1) is 19.9. The van der Waals surface area contributed by atoms with Crippen LogP contribution < -0.4 is 10.1 Å². The predicted molar refractivity (Wildman–Crippen MR) is 117 cm³/mol. The third-order valence-corrected chi connectivity index (χ3v) is 6.76. The van der Waals surface area contributed by atoms with Gasteiger partial charge in [0.2, 0.25) is 0 Å². The van der Waals surface area contributed by atoms with Gasteiger partial charge in [0.05, 0.1) is 22.3 Å². The quantitative estimate of drug-likeness (QED) is 0.386. The minimum atomic E-state index is -0.670. The Morgan fingerprint density at radius 3 is 2.72 bits per heavy atom. The molecule has 1 N–H and O–H groups in total. The number of thiazole rings is 1. The third kappa shape index (κ3) is 4.16. The van der Waals surface area contributed by atoms with Crippen LogP contribution in [0.5, 0.6) is 5.75 Å². The number of hydrogen-bond acceptors (Lipinski definition) is 7. The number of benzene rings is 2. The summed E-state index contributed by atoms with van der Waals surface area (Å²) < 4.78 is 11.9. The first-order valence-electron chi connectivity index (χ1n) is 8.23. The third-order valence-electron chi connectivity index (χ3n) is 3.95. The molecule has 0 spiro atoms. The number of ether oxygens (including phenoxy) is 2. The molecule has 2 aromatic heterocycles. The molecule has 0 aliphatic heterocycles. The van der Waals surface area contributed by atoms with E-state index >= 15 is 0 Å². The van der Waals surface area contributed by atoms with E-state index in [0.29, 0.717) is 21.3 Å². The van der Waals surface area contributed by atoms with Crippen LogP contribution in [0.1, 0.15) is 9.67 Å². The monoisotopic (exact) mass is 466 g/mol. The Bertz CT molecular complexity index is 1250. The molecule has 0 aliphatic rings. The smallest absolute Gasteiger partial charge is 0.350 e.